The van der Waals surface area contributed by atoms with Crippen LogP contribution in [0.3, 0.4) is 0 Å². The SMILES string of the molecule is NC(=O)c1ccc(Oc2ccc(C(=O)NCC(Cc3ccccc3Cl)C(N)=O)cc2)cc1. The first-order chi connectivity index (χ1) is 15.3. The van der Waals surface area contributed by atoms with E-state index in [4.69, 9.17) is 27.8 Å². The van der Waals surface area contributed by atoms with Crippen molar-refractivity contribution < 1.29 is 19.1 Å². The smallest absolute Gasteiger partial charge is 0.251 e. The number of hydrogen-bond acceptors (Lipinski definition) is 4. The number of nitrogens with two attached hydrogens (primary N) is 2. The molecule has 164 valence electrons. The molecule has 5 N–H and O–H groups in total. The number of carbonyl (C=O) groups excluding carboxylic acids is 3. The molecule has 3 amide bonds. The van der Waals surface area contributed by atoms with Crippen molar-refractivity contribution in [2.75, 3.05) is 6.54 Å². The zero-order chi connectivity index (χ0) is 23.1. The van der Waals surface area contributed by atoms with Crippen molar-refractivity contribution in [2.24, 2.45) is 17.4 Å². The van der Waals surface area contributed by atoms with Crippen LogP contribution in [0.15, 0.2) is 72.8 Å². The minimum Gasteiger partial charge on any atom is -0.457 e. The van der Waals surface area contributed by atoms with Crippen molar-refractivity contribution in [3.8, 4) is 11.5 Å². The maximum Gasteiger partial charge on any atom is 0.251 e. The van der Waals surface area contributed by atoms with E-state index in [-0.39, 0.29) is 12.5 Å². The highest BCUT2D eigenvalue weighted by Crippen LogP contribution is 2.22. The number of halogens is 1. The first-order valence-electron chi connectivity index (χ1n) is 9.82. The Balaban J connectivity index is 1.58. The molecule has 0 bridgehead atoms. The van der Waals surface area contributed by atoms with Crippen LogP contribution < -0.4 is 21.5 Å². The predicted octanol–water partition coefficient (Wildman–Crippen LogP) is 3.31. The largest absolute Gasteiger partial charge is 0.457 e. The summed E-state index contributed by atoms with van der Waals surface area (Å²) in [7, 11) is 0. The lowest BCUT2D eigenvalue weighted by atomic mass is 9.98. The van der Waals surface area contributed by atoms with Crippen LogP contribution in [0.1, 0.15) is 26.3 Å². The number of primary amides is 2. The lowest BCUT2D eigenvalue weighted by Crippen LogP contribution is -2.37. The Labute approximate surface area is 190 Å². The van der Waals surface area contributed by atoms with Gasteiger partial charge in [-0.05, 0) is 66.6 Å². The highest BCUT2D eigenvalue weighted by molar-refractivity contribution is 6.31. The molecular weight excluding hydrogens is 430 g/mol. The number of nitrogens with one attached hydrogen (secondary N) is 1. The molecule has 3 aromatic rings. The van der Waals surface area contributed by atoms with Gasteiger partial charge in [-0.15, -0.1) is 0 Å². The maximum atomic E-state index is 12.5. The summed E-state index contributed by atoms with van der Waals surface area (Å²) in [5, 5.41) is 3.28. The molecule has 0 saturated heterocycles. The summed E-state index contributed by atoms with van der Waals surface area (Å²) < 4.78 is 5.70. The Kier molecular flexibility index (Phi) is 7.46. The van der Waals surface area contributed by atoms with Crippen molar-refractivity contribution in [1.82, 2.24) is 5.32 Å². The van der Waals surface area contributed by atoms with Gasteiger partial charge < -0.3 is 21.5 Å². The number of amides is 3. The number of rotatable bonds is 9. The van der Waals surface area contributed by atoms with Crippen LogP contribution in [0.5, 0.6) is 11.5 Å². The molecule has 0 spiro atoms. The van der Waals surface area contributed by atoms with Gasteiger partial charge in [0.1, 0.15) is 11.5 Å². The molecule has 0 aliphatic rings. The number of benzene rings is 3. The third kappa shape index (κ3) is 6.09. The molecule has 7 nitrogen and oxygen atoms in total. The quantitative estimate of drug-likeness (QED) is 0.461. The molecule has 0 heterocycles. The molecule has 0 radical (unpaired) electrons. The molecule has 0 fully saturated rings. The van der Waals surface area contributed by atoms with Gasteiger partial charge in [0.25, 0.3) is 5.91 Å². The molecule has 0 saturated carbocycles. The molecular formula is C24H22ClN3O4. The summed E-state index contributed by atoms with van der Waals surface area (Å²) in [6, 6.07) is 20.1. The van der Waals surface area contributed by atoms with E-state index in [0.717, 1.165) is 5.56 Å². The summed E-state index contributed by atoms with van der Waals surface area (Å²) in [5.74, 6) is -0.926. The minimum atomic E-state index is -0.593. The second-order valence-corrected chi connectivity index (χ2v) is 7.53. The van der Waals surface area contributed by atoms with Gasteiger partial charge >= 0.3 is 0 Å². The fourth-order valence-electron chi connectivity index (χ4n) is 3.02. The van der Waals surface area contributed by atoms with Crippen molar-refractivity contribution >= 4 is 29.3 Å². The van der Waals surface area contributed by atoms with E-state index in [0.29, 0.717) is 34.1 Å². The van der Waals surface area contributed by atoms with E-state index in [1.54, 1.807) is 60.7 Å². The first kappa shape index (κ1) is 22.8. The van der Waals surface area contributed by atoms with E-state index < -0.39 is 17.7 Å². The molecule has 1 unspecified atom stereocenters. The van der Waals surface area contributed by atoms with Crippen LogP contribution in [-0.2, 0) is 11.2 Å². The molecule has 32 heavy (non-hydrogen) atoms. The summed E-state index contributed by atoms with van der Waals surface area (Å²) in [6.07, 6.45) is 0.330. The predicted molar refractivity (Wildman–Crippen MR) is 122 cm³/mol. The highest BCUT2D eigenvalue weighted by Gasteiger charge is 2.19. The lowest BCUT2D eigenvalue weighted by Gasteiger charge is -2.15. The first-order valence-corrected chi connectivity index (χ1v) is 10.2. The van der Waals surface area contributed by atoms with Gasteiger partial charge in [0.15, 0.2) is 0 Å². The average Bonchev–Trinajstić information content (AvgIpc) is 2.78. The topological polar surface area (TPSA) is 125 Å². The molecule has 0 aliphatic heterocycles. The summed E-state index contributed by atoms with van der Waals surface area (Å²) >= 11 is 6.15. The van der Waals surface area contributed by atoms with Crippen LogP contribution in [0, 0.1) is 5.92 Å². The third-order valence-corrected chi connectivity index (χ3v) is 5.20. The van der Waals surface area contributed by atoms with Gasteiger partial charge in [-0.1, -0.05) is 29.8 Å². The number of ether oxygens (including phenoxy) is 1. The molecule has 1 atom stereocenters. The Bertz CT molecular complexity index is 1110. The molecule has 0 aliphatic carbocycles. The Morgan fingerprint density at radius 2 is 1.41 bits per heavy atom. The summed E-state index contributed by atoms with van der Waals surface area (Å²) in [6.45, 7) is 0.0872. The standard InChI is InChI=1S/C24H22ClN3O4/c25-21-4-2-1-3-17(21)13-18(23(27)30)14-28-24(31)16-7-11-20(12-8-16)32-19-9-5-15(6-10-19)22(26)29/h1-12,18H,13-14H2,(H2,26,29)(H2,27,30)(H,28,31). The van der Waals surface area contributed by atoms with Crippen LogP contribution in [-0.4, -0.2) is 24.3 Å². The van der Waals surface area contributed by atoms with Gasteiger partial charge in [-0.3, -0.25) is 14.4 Å². The Hall–Kier alpha value is -3.84. The Morgan fingerprint density at radius 1 is 0.844 bits per heavy atom. The van der Waals surface area contributed by atoms with E-state index in [2.05, 4.69) is 5.32 Å². The van der Waals surface area contributed by atoms with Crippen molar-refractivity contribution in [3.63, 3.8) is 0 Å². The summed E-state index contributed by atoms with van der Waals surface area (Å²) in [5.41, 5.74) is 12.3. The highest BCUT2D eigenvalue weighted by atomic mass is 35.5. The van der Waals surface area contributed by atoms with Crippen LogP contribution in [0.4, 0.5) is 0 Å². The van der Waals surface area contributed by atoms with Gasteiger partial charge in [0.05, 0.1) is 5.92 Å². The zero-order valence-electron chi connectivity index (χ0n) is 17.1. The van der Waals surface area contributed by atoms with Gasteiger partial charge in [-0.2, -0.15) is 0 Å². The molecule has 3 rings (SSSR count). The van der Waals surface area contributed by atoms with E-state index in [1.807, 2.05) is 12.1 Å². The monoisotopic (exact) mass is 451 g/mol. The number of carbonyl (C=O) groups is 3. The lowest BCUT2D eigenvalue weighted by molar-refractivity contribution is -0.121. The molecule has 8 heteroatoms. The fourth-order valence-corrected chi connectivity index (χ4v) is 3.23. The Morgan fingerprint density at radius 3 is 1.94 bits per heavy atom. The molecule has 0 aromatic heterocycles. The van der Waals surface area contributed by atoms with Gasteiger partial charge in [0.2, 0.25) is 11.8 Å². The summed E-state index contributed by atoms with van der Waals surface area (Å²) in [4.78, 5) is 35.4. The van der Waals surface area contributed by atoms with E-state index in [1.165, 1.54) is 0 Å². The second kappa shape index (κ2) is 10.5. The molecule has 3 aromatic carbocycles. The average molecular weight is 452 g/mol. The number of hydrogen-bond donors (Lipinski definition) is 3. The third-order valence-electron chi connectivity index (χ3n) is 4.83. The van der Waals surface area contributed by atoms with Gasteiger partial charge in [-0.25, -0.2) is 0 Å². The van der Waals surface area contributed by atoms with Crippen LogP contribution >= 0.6 is 11.6 Å². The maximum absolute atomic E-state index is 12.5. The van der Waals surface area contributed by atoms with Crippen LogP contribution in [0.25, 0.3) is 0 Å². The second-order valence-electron chi connectivity index (χ2n) is 7.12. The van der Waals surface area contributed by atoms with E-state index >= 15 is 0 Å². The van der Waals surface area contributed by atoms with Crippen molar-refractivity contribution in [3.05, 3.63) is 94.5 Å². The van der Waals surface area contributed by atoms with Gasteiger partial charge in [0, 0.05) is 22.7 Å². The zero-order valence-corrected chi connectivity index (χ0v) is 17.8. The normalized spacial score (nSPS) is 11.4. The van der Waals surface area contributed by atoms with Crippen molar-refractivity contribution in [2.45, 2.75) is 6.42 Å². The van der Waals surface area contributed by atoms with Crippen molar-refractivity contribution in [1.29, 1.82) is 0 Å². The minimum absolute atomic E-state index is 0.0872. The van der Waals surface area contributed by atoms with Crippen LogP contribution in [0.2, 0.25) is 5.02 Å². The fraction of sp³-hybridized carbons (Fsp3) is 0.125. The van der Waals surface area contributed by atoms with E-state index in [9.17, 15) is 14.4 Å².